The quantitative estimate of drug-likeness (QED) is 0.497. The van der Waals surface area contributed by atoms with Gasteiger partial charge in [-0.2, -0.15) is 5.10 Å². The van der Waals surface area contributed by atoms with Crippen molar-refractivity contribution in [3.05, 3.63) is 45.2 Å². The molecule has 1 aliphatic rings. The monoisotopic (exact) mass is 417 g/mol. The Morgan fingerprint density at radius 3 is 2.82 bits per heavy atom. The molecule has 0 radical (unpaired) electrons. The number of hydrogen-bond acceptors (Lipinski definition) is 5. The molecule has 1 saturated carbocycles. The molecule has 5 nitrogen and oxygen atoms in total. The van der Waals surface area contributed by atoms with E-state index in [1.807, 2.05) is 23.7 Å². The zero-order chi connectivity index (χ0) is 19.7. The fourth-order valence-corrected chi connectivity index (χ4v) is 5.39. The Balaban J connectivity index is 1.66. The number of ether oxygens (including phenoxy) is 1. The molecule has 0 atom stereocenters. The third-order valence-electron chi connectivity index (χ3n) is 5.30. The zero-order valence-corrected chi connectivity index (χ0v) is 17.8. The second-order valence-corrected chi connectivity index (χ2v) is 8.85. The van der Waals surface area contributed by atoms with E-state index in [2.05, 4.69) is 5.10 Å². The maximum atomic E-state index is 12.0. The van der Waals surface area contributed by atoms with E-state index in [-0.39, 0.29) is 0 Å². The molecule has 0 N–H and O–H groups in total. The van der Waals surface area contributed by atoms with Gasteiger partial charge >= 0.3 is 5.97 Å². The summed E-state index contributed by atoms with van der Waals surface area (Å²) in [6.45, 7) is 4.58. The lowest BCUT2D eigenvalue weighted by Crippen LogP contribution is -2.09. The number of rotatable bonds is 5. The molecule has 7 heteroatoms. The Morgan fingerprint density at radius 2 is 2.07 bits per heavy atom. The summed E-state index contributed by atoms with van der Waals surface area (Å²) in [7, 11) is 0. The second-order valence-electron chi connectivity index (χ2n) is 7.35. The van der Waals surface area contributed by atoms with E-state index in [1.165, 1.54) is 37.1 Å². The molecule has 2 aromatic heterocycles. The van der Waals surface area contributed by atoms with Crippen LogP contribution in [0.4, 0.5) is 0 Å². The van der Waals surface area contributed by atoms with Crippen LogP contribution in [0.15, 0.2) is 18.2 Å². The SMILES string of the molecule is CCOC(=O)c1cc(C)n(Cc2cc(Cl)cc3sc(C4CCCCC4)nc23)n1. The highest BCUT2D eigenvalue weighted by Crippen LogP contribution is 2.38. The number of carbonyl (C=O) groups excluding carboxylic acids is 1. The Morgan fingerprint density at radius 1 is 1.29 bits per heavy atom. The lowest BCUT2D eigenvalue weighted by Gasteiger charge is -2.18. The molecule has 0 bridgehead atoms. The summed E-state index contributed by atoms with van der Waals surface area (Å²) in [6, 6.07) is 5.72. The van der Waals surface area contributed by atoms with Crippen LogP contribution in [0.2, 0.25) is 5.02 Å². The van der Waals surface area contributed by atoms with Gasteiger partial charge in [0.1, 0.15) is 0 Å². The molecule has 0 saturated heterocycles. The number of benzene rings is 1. The summed E-state index contributed by atoms with van der Waals surface area (Å²) >= 11 is 8.16. The number of fused-ring (bicyclic) bond motifs is 1. The van der Waals surface area contributed by atoms with Crippen LogP contribution in [0, 0.1) is 6.92 Å². The summed E-state index contributed by atoms with van der Waals surface area (Å²) in [6.07, 6.45) is 6.36. The van der Waals surface area contributed by atoms with Gasteiger partial charge in [-0.1, -0.05) is 30.9 Å². The smallest absolute Gasteiger partial charge is 0.358 e. The predicted molar refractivity (Wildman–Crippen MR) is 112 cm³/mol. The first-order valence-corrected chi connectivity index (χ1v) is 11.0. The average molecular weight is 418 g/mol. The van der Waals surface area contributed by atoms with E-state index in [4.69, 9.17) is 21.3 Å². The van der Waals surface area contributed by atoms with Gasteiger partial charge < -0.3 is 4.74 Å². The molecule has 3 aromatic rings. The van der Waals surface area contributed by atoms with Crippen LogP contribution in [0.25, 0.3) is 10.2 Å². The fourth-order valence-electron chi connectivity index (χ4n) is 3.86. The van der Waals surface area contributed by atoms with Gasteiger partial charge in [0.25, 0.3) is 0 Å². The molecule has 1 fully saturated rings. The fraction of sp³-hybridized carbons (Fsp3) is 0.476. The molecule has 0 spiro atoms. The molecular formula is C21H24ClN3O2S. The van der Waals surface area contributed by atoms with Crippen molar-refractivity contribution in [2.24, 2.45) is 0 Å². The number of carbonyl (C=O) groups is 1. The van der Waals surface area contributed by atoms with Crippen LogP contribution < -0.4 is 0 Å². The van der Waals surface area contributed by atoms with Crippen molar-refractivity contribution < 1.29 is 9.53 Å². The van der Waals surface area contributed by atoms with E-state index >= 15 is 0 Å². The van der Waals surface area contributed by atoms with Crippen molar-refractivity contribution >= 4 is 39.1 Å². The highest BCUT2D eigenvalue weighted by atomic mass is 35.5. The summed E-state index contributed by atoms with van der Waals surface area (Å²) in [5.74, 6) is 0.175. The number of aromatic nitrogens is 3. The van der Waals surface area contributed by atoms with Crippen molar-refractivity contribution in [1.29, 1.82) is 0 Å². The number of thiazole rings is 1. The summed E-state index contributed by atoms with van der Waals surface area (Å²) in [5.41, 5.74) is 3.27. The third-order valence-corrected chi connectivity index (χ3v) is 6.68. The van der Waals surface area contributed by atoms with Gasteiger partial charge in [0.15, 0.2) is 5.69 Å². The van der Waals surface area contributed by atoms with E-state index in [0.717, 1.165) is 21.5 Å². The van der Waals surface area contributed by atoms with E-state index < -0.39 is 5.97 Å². The van der Waals surface area contributed by atoms with Crippen molar-refractivity contribution in [3.8, 4) is 0 Å². The molecule has 1 aliphatic carbocycles. The molecule has 0 aliphatic heterocycles. The first-order valence-electron chi connectivity index (χ1n) is 9.85. The minimum Gasteiger partial charge on any atom is -0.461 e. The lowest BCUT2D eigenvalue weighted by molar-refractivity contribution is 0.0518. The third kappa shape index (κ3) is 3.94. The number of esters is 1. The minimum absolute atomic E-state index is 0.332. The largest absolute Gasteiger partial charge is 0.461 e. The van der Waals surface area contributed by atoms with Crippen molar-refractivity contribution in [2.45, 2.75) is 58.4 Å². The molecule has 0 amide bonds. The van der Waals surface area contributed by atoms with Gasteiger partial charge in [-0.25, -0.2) is 9.78 Å². The van der Waals surface area contributed by atoms with Crippen LogP contribution in [-0.4, -0.2) is 27.3 Å². The lowest BCUT2D eigenvalue weighted by atomic mass is 9.90. The summed E-state index contributed by atoms with van der Waals surface area (Å²) in [5, 5.41) is 6.36. The highest BCUT2D eigenvalue weighted by Gasteiger charge is 2.21. The Labute approximate surface area is 173 Å². The average Bonchev–Trinajstić information content (AvgIpc) is 3.27. The summed E-state index contributed by atoms with van der Waals surface area (Å²) in [4.78, 5) is 17.0. The number of aryl methyl sites for hydroxylation is 1. The molecule has 4 rings (SSSR count). The Kier molecular flexibility index (Phi) is 5.69. The zero-order valence-electron chi connectivity index (χ0n) is 16.2. The van der Waals surface area contributed by atoms with Crippen molar-refractivity contribution in [3.63, 3.8) is 0 Å². The van der Waals surface area contributed by atoms with Crippen LogP contribution in [0.5, 0.6) is 0 Å². The molecule has 0 unspecified atom stereocenters. The van der Waals surface area contributed by atoms with Gasteiger partial charge in [-0.15, -0.1) is 11.3 Å². The molecule has 2 heterocycles. The number of halogens is 1. The van der Waals surface area contributed by atoms with Crippen LogP contribution >= 0.6 is 22.9 Å². The highest BCUT2D eigenvalue weighted by molar-refractivity contribution is 7.18. The normalized spacial score (nSPS) is 15.2. The first-order chi connectivity index (χ1) is 13.5. The molecule has 1 aromatic carbocycles. The minimum atomic E-state index is -0.395. The standard InChI is InChI=1S/C21H24ClN3O2S/c1-3-27-21(26)17-9-13(2)25(24-17)12-15-10-16(22)11-18-19(15)23-20(28-18)14-7-5-4-6-8-14/h9-11,14H,3-8,12H2,1-2H3. The summed E-state index contributed by atoms with van der Waals surface area (Å²) < 4.78 is 8.00. The topological polar surface area (TPSA) is 57.0 Å². The number of hydrogen-bond donors (Lipinski definition) is 0. The van der Waals surface area contributed by atoms with Crippen LogP contribution in [0.1, 0.15) is 71.7 Å². The van der Waals surface area contributed by atoms with Gasteiger partial charge in [0.2, 0.25) is 0 Å². The van der Waals surface area contributed by atoms with E-state index in [9.17, 15) is 4.79 Å². The van der Waals surface area contributed by atoms with Crippen LogP contribution in [-0.2, 0) is 11.3 Å². The van der Waals surface area contributed by atoms with Crippen molar-refractivity contribution in [2.75, 3.05) is 6.61 Å². The van der Waals surface area contributed by atoms with Gasteiger partial charge in [-0.05, 0) is 44.9 Å². The van der Waals surface area contributed by atoms with Crippen molar-refractivity contribution in [1.82, 2.24) is 14.8 Å². The van der Waals surface area contributed by atoms with Crippen LogP contribution in [0.3, 0.4) is 0 Å². The molecular weight excluding hydrogens is 394 g/mol. The molecule has 28 heavy (non-hydrogen) atoms. The van der Waals surface area contributed by atoms with E-state index in [1.54, 1.807) is 24.3 Å². The maximum absolute atomic E-state index is 12.0. The predicted octanol–water partition coefficient (Wildman–Crippen LogP) is 5.73. The Bertz CT molecular complexity index is 1000. The van der Waals surface area contributed by atoms with E-state index in [0.29, 0.717) is 29.8 Å². The van der Waals surface area contributed by atoms with Gasteiger partial charge in [-0.3, -0.25) is 4.68 Å². The van der Waals surface area contributed by atoms with Gasteiger partial charge in [0.05, 0.1) is 28.4 Å². The first kappa shape index (κ1) is 19.4. The second kappa shape index (κ2) is 8.21. The maximum Gasteiger partial charge on any atom is 0.358 e. The number of nitrogens with zero attached hydrogens (tertiary/aromatic N) is 3. The van der Waals surface area contributed by atoms with Gasteiger partial charge in [0, 0.05) is 22.2 Å². The molecule has 148 valence electrons. The Hall–Kier alpha value is -1.92.